The summed E-state index contributed by atoms with van der Waals surface area (Å²) in [5, 5.41) is 3.76. The first kappa shape index (κ1) is 13.8. The van der Waals surface area contributed by atoms with Crippen molar-refractivity contribution in [2.45, 2.75) is 31.3 Å². The molecule has 7 heteroatoms. The third kappa shape index (κ3) is 2.40. The molecule has 1 aliphatic carbocycles. The number of thioether (sulfide) groups is 1. The average molecular weight is 312 g/mol. The minimum atomic E-state index is -3.46. The van der Waals surface area contributed by atoms with Gasteiger partial charge in [-0.2, -0.15) is 0 Å². The number of sulfonamides is 1. The molecule has 0 radical (unpaired) electrons. The molecule has 108 valence electrons. The molecule has 0 amide bonds. The number of nitrogens with zero attached hydrogens (tertiary/aromatic N) is 1. The Balaban J connectivity index is 1.78. The summed E-state index contributed by atoms with van der Waals surface area (Å²) in [6.45, 7) is 3.55. The monoisotopic (exact) mass is 312 g/mol. The van der Waals surface area contributed by atoms with E-state index in [1.807, 2.05) is 12.2 Å². The lowest BCUT2D eigenvalue weighted by Crippen LogP contribution is -2.24. The topological polar surface area (TPSA) is 72.2 Å². The Hall–Kier alpha value is -1.21. The van der Waals surface area contributed by atoms with Crippen LogP contribution in [0.4, 0.5) is 5.82 Å². The first-order valence-corrected chi connectivity index (χ1v) is 8.88. The molecule has 2 atom stereocenters. The number of anilines is 1. The summed E-state index contributed by atoms with van der Waals surface area (Å²) in [7, 11) is -3.46. The van der Waals surface area contributed by atoms with Gasteiger partial charge in [0.2, 0.25) is 10.0 Å². The summed E-state index contributed by atoms with van der Waals surface area (Å²) in [5.74, 6) is 1.26. The van der Waals surface area contributed by atoms with E-state index >= 15 is 0 Å². The van der Waals surface area contributed by atoms with Crippen molar-refractivity contribution in [2.75, 3.05) is 4.72 Å². The van der Waals surface area contributed by atoms with Gasteiger partial charge in [-0.1, -0.05) is 23.4 Å². The molecular formula is C13H16N2O3S2. The van der Waals surface area contributed by atoms with E-state index in [0.717, 1.165) is 16.9 Å². The molecule has 0 bridgehead atoms. The van der Waals surface area contributed by atoms with E-state index in [4.69, 9.17) is 4.52 Å². The van der Waals surface area contributed by atoms with Crippen molar-refractivity contribution in [3.8, 4) is 0 Å². The van der Waals surface area contributed by atoms with Crippen molar-refractivity contribution in [1.29, 1.82) is 0 Å². The van der Waals surface area contributed by atoms with E-state index in [1.54, 1.807) is 13.8 Å². The fourth-order valence-electron chi connectivity index (χ4n) is 2.34. The molecule has 0 saturated carbocycles. The number of hydrogen-bond acceptors (Lipinski definition) is 5. The summed E-state index contributed by atoms with van der Waals surface area (Å²) in [4.78, 5) is 1.16. The minimum Gasteiger partial charge on any atom is -0.359 e. The van der Waals surface area contributed by atoms with Gasteiger partial charge in [-0.25, -0.2) is 8.42 Å². The molecule has 1 aromatic rings. The Labute approximate surface area is 122 Å². The Kier molecular flexibility index (Phi) is 3.41. The Morgan fingerprint density at radius 1 is 1.45 bits per heavy atom. The van der Waals surface area contributed by atoms with E-state index in [0.29, 0.717) is 23.9 Å². The highest BCUT2D eigenvalue weighted by molar-refractivity contribution is 8.16. The van der Waals surface area contributed by atoms with Gasteiger partial charge >= 0.3 is 0 Å². The van der Waals surface area contributed by atoms with Gasteiger partial charge in [0, 0.05) is 5.56 Å². The van der Waals surface area contributed by atoms with Crippen LogP contribution in [0, 0.1) is 19.8 Å². The SMILES string of the molecule is Cc1onc(NS(=O)(=O)C2CC3CC=CC=C3S2)c1C. The standard InChI is InChI=1S/C13H16N2O3S2/c1-8-9(2)18-14-13(8)15-20(16,17)12-7-10-5-3-4-6-11(10)19-12/h3-4,6,10,12H,5,7H2,1-2H3,(H,14,15). The fourth-order valence-corrected chi connectivity index (χ4v) is 5.58. The number of fused-ring (bicyclic) bond motifs is 1. The largest absolute Gasteiger partial charge is 0.359 e. The lowest BCUT2D eigenvalue weighted by atomic mass is 9.98. The maximum atomic E-state index is 12.4. The van der Waals surface area contributed by atoms with Crippen molar-refractivity contribution >= 4 is 27.6 Å². The summed E-state index contributed by atoms with van der Waals surface area (Å²) in [6, 6.07) is 0. The molecule has 2 unspecified atom stereocenters. The second kappa shape index (κ2) is 4.96. The van der Waals surface area contributed by atoms with Gasteiger partial charge in [0.15, 0.2) is 5.82 Å². The quantitative estimate of drug-likeness (QED) is 0.929. The van der Waals surface area contributed by atoms with Crippen LogP contribution in [0.2, 0.25) is 0 Å². The van der Waals surface area contributed by atoms with E-state index in [-0.39, 0.29) is 0 Å². The van der Waals surface area contributed by atoms with Crippen LogP contribution in [0.3, 0.4) is 0 Å². The van der Waals surface area contributed by atoms with Crippen LogP contribution in [-0.4, -0.2) is 18.2 Å². The average Bonchev–Trinajstić information content (AvgIpc) is 2.98. The van der Waals surface area contributed by atoms with E-state index in [1.165, 1.54) is 11.8 Å². The first-order chi connectivity index (χ1) is 9.47. The van der Waals surface area contributed by atoms with Gasteiger partial charge in [0.25, 0.3) is 0 Å². The number of allylic oxidation sites excluding steroid dienone is 4. The molecule has 5 nitrogen and oxygen atoms in total. The van der Waals surface area contributed by atoms with Crippen molar-refractivity contribution in [1.82, 2.24) is 5.16 Å². The van der Waals surface area contributed by atoms with Crippen LogP contribution in [0.25, 0.3) is 0 Å². The van der Waals surface area contributed by atoms with Crippen molar-refractivity contribution in [3.05, 3.63) is 34.5 Å². The molecule has 0 spiro atoms. The zero-order valence-electron chi connectivity index (χ0n) is 11.3. The van der Waals surface area contributed by atoms with E-state index < -0.39 is 14.6 Å². The highest BCUT2D eigenvalue weighted by Crippen LogP contribution is 2.47. The van der Waals surface area contributed by atoms with Crippen LogP contribution >= 0.6 is 11.8 Å². The predicted octanol–water partition coefficient (Wildman–Crippen LogP) is 2.96. The maximum Gasteiger partial charge on any atom is 0.246 e. The summed E-state index contributed by atoms with van der Waals surface area (Å²) < 4.78 is 32.0. The molecule has 3 rings (SSSR count). The van der Waals surface area contributed by atoms with Gasteiger partial charge in [-0.3, -0.25) is 4.72 Å². The number of rotatable bonds is 3. The molecule has 1 aliphatic heterocycles. The van der Waals surface area contributed by atoms with Crippen molar-refractivity contribution in [2.24, 2.45) is 5.92 Å². The normalized spacial score (nSPS) is 25.4. The van der Waals surface area contributed by atoms with Crippen LogP contribution in [-0.2, 0) is 10.0 Å². The van der Waals surface area contributed by atoms with Gasteiger partial charge < -0.3 is 4.52 Å². The maximum absolute atomic E-state index is 12.4. The fraction of sp³-hybridized carbons (Fsp3) is 0.462. The van der Waals surface area contributed by atoms with Crippen LogP contribution < -0.4 is 4.72 Å². The summed E-state index contributed by atoms with van der Waals surface area (Å²) in [6.07, 6.45) is 7.66. The first-order valence-electron chi connectivity index (χ1n) is 6.45. The van der Waals surface area contributed by atoms with Gasteiger partial charge in [0.1, 0.15) is 10.3 Å². The number of aromatic nitrogens is 1. The second-order valence-corrected chi connectivity index (χ2v) is 8.51. The predicted molar refractivity (Wildman–Crippen MR) is 79.8 cm³/mol. The summed E-state index contributed by atoms with van der Waals surface area (Å²) in [5.41, 5.74) is 0.731. The van der Waals surface area contributed by atoms with Gasteiger partial charge in [-0.15, -0.1) is 11.8 Å². The third-order valence-corrected chi connectivity index (χ3v) is 7.31. The van der Waals surface area contributed by atoms with Crippen molar-refractivity contribution < 1.29 is 12.9 Å². The molecule has 1 N–H and O–H groups in total. The third-order valence-electron chi connectivity index (χ3n) is 3.71. The molecule has 1 saturated heterocycles. The number of hydrogen-bond donors (Lipinski definition) is 1. The molecular weight excluding hydrogens is 296 g/mol. The Morgan fingerprint density at radius 3 is 2.90 bits per heavy atom. The summed E-state index contributed by atoms with van der Waals surface area (Å²) >= 11 is 1.43. The molecule has 1 fully saturated rings. The Morgan fingerprint density at radius 2 is 2.25 bits per heavy atom. The van der Waals surface area contributed by atoms with Crippen LogP contribution in [0.1, 0.15) is 24.2 Å². The lowest BCUT2D eigenvalue weighted by molar-refractivity contribution is 0.399. The van der Waals surface area contributed by atoms with Crippen LogP contribution in [0.15, 0.2) is 27.7 Å². The lowest BCUT2D eigenvalue weighted by Gasteiger charge is -2.11. The van der Waals surface area contributed by atoms with E-state index in [9.17, 15) is 8.42 Å². The van der Waals surface area contributed by atoms with Gasteiger partial charge in [0.05, 0.1) is 0 Å². The minimum absolute atomic E-state index is 0.296. The van der Waals surface area contributed by atoms with Gasteiger partial charge in [-0.05, 0) is 37.5 Å². The van der Waals surface area contributed by atoms with Crippen molar-refractivity contribution in [3.63, 3.8) is 0 Å². The smallest absolute Gasteiger partial charge is 0.246 e. The molecule has 2 heterocycles. The Bertz CT molecular complexity index is 688. The second-order valence-electron chi connectivity index (χ2n) is 5.07. The molecule has 20 heavy (non-hydrogen) atoms. The number of nitrogens with one attached hydrogen (secondary N) is 1. The van der Waals surface area contributed by atoms with Crippen LogP contribution in [0.5, 0.6) is 0 Å². The van der Waals surface area contributed by atoms with E-state index in [2.05, 4.69) is 16.0 Å². The highest BCUT2D eigenvalue weighted by Gasteiger charge is 2.38. The zero-order chi connectivity index (χ0) is 14.3. The molecule has 0 aromatic carbocycles. The highest BCUT2D eigenvalue weighted by atomic mass is 32.3. The zero-order valence-corrected chi connectivity index (χ0v) is 12.9. The number of aryl methyl sites for hydroxylation is 1. The molecule has 2 aliphatic rings. The molecule has 1 aromatic heterocycles.